The van der Waals surface area contributed by atoms with Gasteiger partial charge in [-0.25, -0.2) is 4.39 Å². The van der Waals surface area contributed by atoms with Gasteiger partial charge >= 0.3 is 0 Å². The number of rotatable bonds is 3. The van der Waals surface area contributed by atoms with E-state index in [-0.39, 0.29) is 11.7 Å². The van der Waals surface area contributed by atoms with E-state index < -0.39 is 0 Å². The van der Waals surface area contributed by atoms with Crippen molar-refractivity contribution in [1.29, 1.82) is 0 Å². The number of hydrogen-bond donors (Lipinski definition) is 0. The molecule has 0 N–H and O–H groups in total. The standard InChI is InChI=1S/C22H22FN3O/c1-15(27)26-12-11-22-19(14-26)21(24-25(22)2)13-16-7-9-17(10-8-16)18-5-3-4-6-20(18)23/h3-10H,11-14H2,1-2H3. The third kappa shape index (κ3) is 3.37. The molecule has 2 heterocycles. The van der Waals surface area contributed by atoms with Crippen LogP contribution in [0.25, 0.3) is 11.1 Å². The van der Waals surface area contributed by atoms with Gasteiger partial charge < -0.3 is 4.90 Å². The summed E-state index contributed by atoms with van der Waals surface area (Å²) in [5, 5.41) is 4.69. The summed E-state index contributed by atoms with van der Waals surface area (Å²) in [5.74, 6) is -0.113. The summed E-state index contributed by atoms with van der Waals surface area (Å²) in [6.45, 7) is 2.99. The molecule has 138 valence electrons. The molecular formula is C22H22FN3O. The van der Waals surface area contributed by atoms with Crippen LogP contribution in [0.1, 0.15) is 29.4 Å². The molecule has 1 aliphatic rings. The Morgan fingerprint density at radius 1 is 1.15 bits per heavy atom. The number of nitrogens with zero attached hydrogens (tertiary/aromatic N) is 3. The third-order valence-corrected chi connectivity index (χ3v) is 5.28. The lowest BCUT2D eigenvalue weighted by Gasteiger charge is -2.26. The normalized spacial score (nSPS) is 13.5. The predicted octanol–water partition coefficient (Wildman–Crippen LogP) is 3.72. The monoisotopic (exact) mass is 363 g/mol. The molecule has 0 radical (unpaired) electrons. The second-order valence-corrected chi connectivity index (χ2v) is 7.04. The first-order chi connectivity index (χ1) is 13.0. The number of hydrogen-bond acceptors (Lipinski definition) is 2. The predicted molar refractivity (Wildman–Crippen MR) is 103 cm³/mol. The van der Waals surface area contributed by atoms with Gasteiger partial charge in [0.05, 0.1) is 5.69 Å². The topological polar surface area (TPSA) is 38.1 Å². The molecule has 1 aliphatic heterocycles. The van der Waals surface area contributed by atoms with Crippen LogP contribution in [0.4, 0.5) is 4.39 Å². The minimum absolute atomic E-state index is 0.102. The summed E-state index contributed by atoms with van der Waals surface area (Å²) in [5.41, 5.74) is 5.98. The van der Waals surface area contributed by atoms with Gasteiger partial charge in [-0.1, -0.05) is 42.5 Å². The summed E-state index contributed by atoms with van der Waals surface area (Å²) in [4.78, 5) is 13.6. The number of amides is 1. The maximum atomic E-state index is 14.0. The highest BCUT2D eigenvalue weighted by atomic mass is 19.1. The van der Waals surface area contributed by atoms with Crippen molar-refractivity contribution in [3.63, 3.8) is 0 Å². The van der Waals surface area contributed by atoms with Crippen molar-refractivity contribution in [3.8, 4) is 11.1 Å². The minimum Gasteiger partial charge on any atom is -0.338 e. The fourth-order valence-corrected chi connectivity index (χ4v) is 3.77. The molecule has 1 amide bonds. The Morgan fingerprint density at radius 3 is 2.59 bits per heavy atom. The summed E-state index contributed by atoms with van der Waals surface area (Å²) in [6, 6.07) is 14.7. The van der Waals surface area contributed by atoms with Gasteiger partial charge in [-0.2, -0.15) is 5.10 Å². The zero-order valence-electron chi connectivity index (χ0n) is 15.6. The van der Waals surface area contributed by atoms with E-state index in [1.165, 1.54) is 11.8 Å². The van der Waals surface area contributed by atoms with Crippen LogP contribution in [-0.4, -0.2) is 27.1 Å². The van der Waals surface area contributed by atoms with Crippen LogP contribution in [0.3, 0.4) is 0 Å². The van der Waals surface area contributed by atoms with Crippen molar-refractivity contribution >= 4 is 5.91 Å². The zero-order chi connectivity index (χ0) is 19.0. The van der Waals surface area contributed by atoms with E-state index in [1.807, 2.05) is 47.0 Å². The SMILES string of the molecule is CC(=O)N1CCc2c(c(Cc3ccc(-c4ccccc4F)cc3)nn2C)C1. The molecule has 0 spiro atoms. The largest absolute Gasteiger partial charge is 0.338 e. The smallest absolute Gasteiger partial charge is 0.219 e. The maximum Gasteiger partial charge on any atom is 0.219 e. The van der Waals surface area contributed by atoms with Crippen molar-refractivity contribution in [2.45, 2.75) is 26.3 Å². The summed E-state index contributed by atoms with van der Waals surface area (Å²) in [6.07, 6.45) is 1.54. The summed E-state index contributed by atoms with van der Waals surface area (Å²) in [7, 11) is 1.97. The van der Waals surface area contributed by atoms with Crippen molar-refractivity contribution in [2.24, 2.45) is 7.05 Å². The number of halogens is 1. The first-order valence-electron chi connectivity index (χ1n) is 9.16. The molecule has 0 aliphatic carbocycles. The molecule has 0 unspecified atom stereocenters. The van der Waals surface area contributed by atoms with Crippen LogP contribution < -0.4 is 0 Å². The van der Waals surface area contributed by atoms with E-state index >= 15 is 0 Å². The minimum atomic E-state index is -0.214. The molecule has 2 aromatic carbocycles. The average molecular weight is 363 g/mol. The van der Waals surface area contributed by atoms with Crippen LogP contribution in [0.15, 0.2) is 48.5 Å². The Morgan fingerprint density at radius 2 is 1.89 bits per heavy atom. The van der Waals surface area contributed by atoms with E-state index in [0.29, 0.717) is 18.5 Å². The molecule has 0 saturated carbocycles. The fourth-order valence-electron chi connectivity index (χ4n) is 3.77. The van der Waals surface area contributed by atoms with Crippen LogP contribution in [0, 0.1) is 5.82 Å². The summed E-state index contributed by atoms with van der Waals surface area (Å²) >= 11 is 0. The maximum absolute atomic E-state index is 14.0. The van der Waals surface area contributed by atoms with E-state index in [9.17, 15) is 9.18 Å². The van der Waals surface area contributed by atoms with E-state index in [2.05, 4.69) is 0 Å². The quantitative estimate of drug-likeness (QED) is 0.711. The molecule has 0 bridgehead atoms. The molecule has 1 aromatic heterocycles. The Hall–Kier alpha value is -2.95. The average Bonchev–Trinajstić information content (AvgIpc) is 2.98. The lowest BCUT2D eigenvalue weighted by Crippen LogP contribution is -2.34. The third-order valence-electron chi connectivity index (χ3n) is 5.28. The lowest BCUT2D eigenvalue weighted by molar-refractivity contribution is -0.129. The Balaban J connectivity index is 1.59. The zero-order valence-corrected chi connectivity index (χ0v) is 15.6. The molecule has 0 saturated heterocycles. The number of aryl methyl sites for hydroxylation is 1. The number of carbonyl (C=O) groups is 1. The molecule has 3 aromatic rings. The Bertz CT molecular complexity index is 991. The highest BCUT2D eigenvalue weighted by Gasteiger charge is 2.25. The van der Waals surface area contributed by atoms with Gasteiger partial charge in [-0.3, -0.25) is 9.48 Å². The van der Waals surface area contributed by atoms with E-state index in [0.717, 1.165) is 35.3 Å². The van der Waals surface area contributed by atoms with Crippen LogP contribution in [-0.2, 0) is 31.2 Å². The molecule has 5 heteroatoms. The first kappa shape index (κ1) is 17.5. The van der Waals surface area contributed by atoms with Crippen LogP contribution >= 0.6 is 0 Å². The number of fused-ring (bicyclic) bond motifs is 1. The summed E-state index contributed by atoms with van der Waals surface area (Å²) < 4.78 is 15.9. The molecular weight excluding hydrogens is 341 g/mol. The second kappa shape index (κ2) is 6.99. The molecule has 0 fully saturated rings. The molecule has 0 atom stereocenters. The van der Waals surface area contributed by atoms with E-state index in [4.69, 9.17) is 5.10 Å². The first-order valence-corrected chi connectivity index (χ1v) is 9.16. The Labute approximate surface area is 158 Å². The van der Waals surface area contributed by atoms with Gasteiger partial charge in [0.15, 0.2) is 0 Å². The van der Waals surface area contributed by atoms with E-state index in [1.54, 1.807) is 19.1 Å². The van der Waals surface area contributed by atoms with Crippen LogP contribution in [0.2, 0.25) is 0 Å². The molecule has 4 rings (SSSR count). The van der Waals surface area contributed by atoms with Gasteiger partial charge in [0.1, 0.15) is 5.82 Å². The number of aromatic nitrogens is 2. The second-order valence-electron chi connectivity index (χ2n) is 7.04. The van der Waals surface area contributed by atoms with Gasteiger partial charge in [0, 0.05) is 56.7 Å². The fraction of sp³-hybridized carbons (Fsp3) is 0.273. The van der Waals surface area contributed by atoms with Crippen molar-refractivity contribution in [2.75, 3.05) is 6.54 Å². The Kier molecular flexibility index (Phi) is 4.52. The lowest BCUT2D eigenvalue weighted by atomic mass is 9.98. The van der Waals surface area contributed by atoms with Crippen molar-refractivity contribution in [1.82, 2.24) is 14.7 Å². The van der Waals surface area contributed by atoms with Crippen LogP contribution in [0.5, 0.6) is 0 Å². The van der Waals surface area contributed by atoms with Gasteiger partial charge in [-0.15, -0.1) is 0 Å². The number of benzene rings is 2. The van der Waals surface area contributed by atoms with Gasteiger partial charge in [0.2, 0.25) is 5.91 Å². The number of carbonyl (C=O) groups excluding carboxylic acids is 1. The van der Waals surface area contributed by atoms with Crippen molar-refractivity contribution in [3.05, 3.63) is 76.9 Å². The molecule has 27 heavy (non-hydrogen) atoms. The molecule has 4 nitrogen and oxygen atoms in total. The van der Waals surface area contributed by atoms with Gasteiger partial charge in [-0.05, 0) is 17.2 Å². The highest BCUT2D eigenvalue weighted by Crippen LogP contribution is 2.26. The van der Waals surface area contributed by atoms with Crippen molar-refractivity contribution < 1.29 is 9.18 Å². The van der Waals surface area contributed by atoms with Gasteiger partial charge in [0.25, 0.3) is 0 Å². The highest BCUT2D eigenvalue weighted by molar-refractivity contribution is 5.73.